The Kier molecular flexibility index (Phi) is 6.37. The fourth-order valence-electron chi connectivity index (χ4n) is 3.74. The summed E-state index contributed by atoms with van der Waals surface area (Å²) in [5, 5.41) is 2.95. The number of benzene rings is 2. The van der Waals surface area contributed by atoms with Crippen LogP contribution in [0.15, 0.2) is 54.6 Å². The third kappa shape index (κ3) is 5.02. The molecule has 1 saturated heterocycles. The SMILES string of the molecule is CC(=O)c1ccccc1NC(=O)[C@@H](C)[NH+]1CC[NH+](Cc2ccccc2)CC1. The summed E-state index contributed by atoms with van der Waals surface area (Å²) >= 11 is 0. The van der Waals surface area contributed by atoms with E-state index in [2.05, 4.69) is 29.6 Å². The van der Waals surface area contributed by atoms with Crippen LogP contribution in [0, 0.1) is 0 Å². The van der Waals surface area contributed by atoms with Crippen LogP contribution in [0.1, 0.15) is 29.8 Å². The van der Waals surface area contributed by atoms with Gasteiger partial charge < -0.3 is 15.1 Å². The lowest BCUT2D eigenvalue weighted by molar-refractivity contribution is -1.02. The maximum absolute atomic E-state index is 12.7. The zero-order valence-electron chi connectivity index (χ0n) is 16.1. The van der Waals surface area contributed by atoms with Crippen molar-refractivity contribution in [2.45, 2.75) is 26.4 Å². The Hall–Kier alpha value is -2.50. The van der Waals surface area contributed by atoms with E-state index in [1.165, 1.54) is 17.4 Å². The quantitative estimate of drug-likeness (QED) is 0.639. The van der Waals surface area contributed by atoms with Crippen LogP contribution in [0.4, 0.5) is 5.69 Å². The Bertz CT molecular complexity index is 783. The molecule has 5 heteroatoms. The van der Waals surface area contributed by atoms with Crippen molar-refractivity contribution in [3.8, 4) is 0 Å². The molecule has 0 bridgehead atoms. The number of para-hydroxylation sites is 1. The molecule has 1 aliphatic rings. The molecule has 0 unspecified atom stereocenters. The molecule has 2 aromatic rings. The maximum Gasteiger partial charge on any atom is 0.282 e. The van der Waals surface area contributed by atoms with Gasteiger partial charge in [0.2, 0.25) is 0 Å². The molecule has 3 rings (SSSR count). The Morgan fingerprint density at radius 1 is 0.963 bits per heavy atom. The van der Waals surface area contributed by atoms with Gasteiger partial charge in [0.25, 0.3) is 5.91 Å². The van der Waals surface area contributed by atoms with Crippen LogP contribution in [0.5, 0.6) is 0 Å². The molecule has 1 atom stereocenters. The first-order valence-corrected chi connectivity index (χ1v) is 9.67. The van der Waals surface area contributed by atoms with Crippen LogP contribution in [-0.2, 0) is 11.3 Å². The van der Waals surface area contributed by atoms with E-state index in [1.807, 2.05) is 25.1 Å². The van der Waals surface area contributed by atoms with Crippen LogP contribution in [0.25, 0.3) is 0 Å². The van der Waals surface area contributed by atoms with E-state index in [-0.39, 0.29) is 17.7 Å². The molecule has 5 nitrogen and oxygen atoms in total. The topological polar surface area (TPSA) is 55.0 Å². The van der Waals surface area contributed by atoms with Crippen molar-refractivity contribution in [1.82, 2.24) is 0 Å². The summed E-state index contributed by atoms with van der Waals surface area (Å²) in [6.45, 7) is 8.62. The van der Waals surface area contributed by atoms with Gasteiger partial charge in [-0.3, -0.25) is 9.59 Å². The molecule has 0 aromatic heterocycles. The molecular formula is C22H29N3O2+2. The molecule has 3 N–H and O–H groups in total. The minimum absolute atomic E-state index is 0.0230. The molecule has 0 saturated carbocycles. The smallest absolute Gasteiger partial charge is 0.282 e. The number of hydrogen-bond acceptors (Lipinski definition) is 2. The zero-order valence-corrected chi connectivity index (χ0v) is 16.1. The van der Waals surface area contributed by atoms with Crippen molar-refractivity contribution in [3.05, 3.63) is 65.7 Å². The Morgan fingerprint density at radius 2 is 1.59 bits per heavy atom. The second-order valence-corrected chi connectivity index (χ2v) is 7.38. The molecule has 142 valence electrons. The van der Waals surface area contributed by atoms with Crippen molar-refractivity contribution in [3.63, 3.8) is 0 Å². The first-order valence-electron chi connectivity index (χ1n) is 9.67. The van der Waals surface area contributed by atoms with Gasteiger partial charge in [-0.2, -0.15) is 0 Å². The average molecular weight is 367 g/mol. The molecule has 0 spiro atoms. The van der Waals surface area contributed by atoms with Gasteiger partial charge in [0, 0.05) is 11.1 Å². The standard InChI is InChI=1S/C22H27N3O2/c1-17(22(27)23-21-11-7-6-10-20(21)18(2)26)25-14-12-24(13-15-25)16-19-8-4-3-5-9-19/h3-11,17H,12-16H2,1-2H3,(H,23,27)/p+2/t17-/m1/s1. The van der Waals surface area contributed by atoms with Crippen molar-refractivity contribution in [2.75, 3.05) is 31.5 Å². The molecule has 1 aliphatic heterocycles. The van der Waals surface area contributed by atoms with E-state index in [1.54, 1.807) is 17.0 Å². The Morgan fingerprint density at radius 3 is 2.26 bits per heavy atom. The van der Waals surface area contributed by atoms with Gasteiger partial charge in [0.05, 0.1) is 5.69 Å². The molecule has 1 fully saturated rings. The predicted octanol–water partition coefficient (Wildman–Crippen LogP) is 0.200. The average Bonchev–Trinajstić information content (AvgIpc) is 2.69. The Labute approximate surface area is 161 Å². The molecular weight excluding hydrogens is 338 g/mol. The highest BCUT2D eigenvalue weighted by Crippen LogP contribution is 2.15. The van der Waals surface area contributed by atoms with Gasteiger partial charge in [-0.05, 0) is 26.0 Å². The number of anilines is 1. The van der Waals surface area contributed by atoms with Gasteiger partial charge >= 0.3 is 0 Å². The summed E-state index contributed by atoms with van der Waals surface area (Å²) in [6, 6.07) is 17.6. The summed E-state index contributed by atoms with van der Waals surface area (Å²) in [4.78, 5) is 27.3. The first kappa shape index (κ1) is 19.3. The zero-order chi connectivity index (χ0) is 19.2. The second kappa shape index (κ2) is 8.93. The number of nitrogens with one attached hydrogen (secondary N) is 3. The number of rotatable bonds is 6. The van der Waals surface area contributed by atoms with E-state index in [4.69, 9.17) is 0 Å². The predicted molar refractivity (Wildman–Crippen MR) is 106 cm³/mol. The van der Waals surface area contributed by atoms with E-state index < -0.39 is 0 Å². The highest BCUT2D eigenvalue weighted by molar-refractivity contribution is 6.04. The summed E-state index contributed by atoms with van der Waals surface area (Å²) < 4.78 is 0. The van der Waals surface area contributed by atoms with Crippen LogP contribution >= 0.6 is 0 Å². The van der Waals surface area contributed by atoms with E-state index >= 15 is 0 Å². The third-order valence-electron chi connectivity index (χ3n) is 5.47. The maximum atomic E-state index is 12.7. The van der Waals surface area contributed by atoms with Crippen molar-refractivity contribution in [1.29, 1.82) is 0 Å². The highest BCUT2D eigenvalue weighted by atomic mass is 16.2. The number of quaternary nitrogens is 2. The van der Waals surface area contributed by atoms with Gasteiger partial charge in [0.1, 0.15) is 32.7 Å². The first-order chi connectivity index (χ1) is 13.0. The van der Waals surface area contributed by atoms with Crippen molar-refractivity contribution < 1.29 is 19.4 Å². The molecule has 0 radical (unpaired) electrons. The number of hydrogen-bond donors (Lipinski definition) is 3. The second-order valence-electron chi connectivity index (χ2n) is 7.38. The minimum atomic E-state index is -0.136. The van der Waals surface area contributed by atoms with Gasteiger partial charge in [0.15, 0.2) is 11.8 Å². The molecule has 1 heterocycles. The summed E-state index contributed by atoms with van der Waals surface area (Å²) in [7, 11) is 0. The van der Waals surface area contributed by atoms with Gasteiger partial charge in [-0.15, -0.1) is 0 Å². The van der Waals surface area contributed by atoms with Crippen LogP contribution in [0.3, 0.4) is 0 Å². The van der Waals surface area contributed by atoms with E-state index in [0.29, 0.717) is 11.3 Å². The highest BCUT2D eigenvalue weighted by Gasteiger charge is 2.31. The lowest BCUT2D eigenvalue weighted by atomic mass is 10.1. The minimum Gasteiger partial charge on any atom is -0.322 e. The van der Waals surface area contributed by atoms with Gasteiger partial charge in [-0.1, -0.05) is 42.5 Å². The molecule has 27 heavy (non-hydrogen) atoms. The number of Topliss-reactive ketones (excluding diaryl/α,β-unsaturated/α-hetero) is 1. The number of carbonyl (C=O) groups is 2. The van der Waals surface area contributed by atoms with Crippen molar-refractivity contribution >= 4 is 17.4 Å². The summed E-state index contributed by atoms with van der Waals surface area (Å²) in [5.74, 6) is -0.0609. The third-order valence-corrected chi connectivity index (χ3v) is 5.47. The normalized spacial score (nSPS) is 20.7. The van der Waals surface area contributed by atoms with Crippen LogP contribution < -0.4 is 15.1 Å². The van der Waals surface area contributed by atoms with Crippen LogP contribution in [-0.4, -0.2) is 43.9 Å². The number of amides is 1. The monoisotopic (exact) mass is 367 g/mol. The summed E-state index contributed by atoms with van der Waals surface area (Å²) in [5.41, 5.74) is 2.53. The van der Waals surface area contributed by atoms with E-state index in [0.717, 1.165) is 32.7 Å². The van der Waals surface area contributed by atoms with Crippen molar-refractivity contribution in [2.24, 2.45) is 0 Å². The molecule has 2 aromatic carbocycles. The fourth-order valence-corrected chi connectivity index (χ4v) is 3.74. The largest absolute Gasteiger partial charge is 0.322 e. The summed E-state index contributed by atoms with van der Waals surface area (Å²) in [6.07, 6.45) is 0. The number of ketones is 1. The Balaban J connectivity index is 1.54. The lowest BCUT2D eigenvalue weighted by Gasteiger charge is -2.32. The molecule has 1 amide bonds. The molecule has 0 aliphatic carbocycles. The number of piperazine rings is 1. The van der Waals surface area contributed by atoms with Crippen LogP contribution in [0.2, 0.25) is 0 Å². The van der Waals surface area contributed by atoms with E-state index in [9.17, 15) is 9.59 Å². The van der Waals surface area contributed by atoms with Gasteiger partial charge in [-0.25, -0.2) is 0 Å². The lowest BCUT2D eigenvalue weighted by Crippen LogP contribution is -3.29. The number of carbonyl (C=O) groups excluding carboxylic acids is 2. The fraction of sp³-hybridized carbons (Fsp3) is 0.364.